The van der Waals surface area contributed by atoms with Gasteiger partial charge in [-0.15, -0.1) is 11.3 Å². The average Bonchev–Trinajstić information content (AvgIpc) is 3.26. The van der Waals surface area contributed by atoms with Gasteiger partial charge in [0, 0.05) is 30.3 Å². The number of carbonyl (C=O) groups excluding carboxylic acids is 1. The van der Waals surface area contributed by atoms with Crippen LogP contribution in [0.2, 0.25) is 0 Å². The van der Waals surface area contributed by atoms with Gasteiger partial charge in [0.2, 0.25) is 5.91 Å². The number of thiazole rings is 1. The number of aryl methyl sites for hydroxylation is 1. The Morgan fingerprint density at radius 1 is 1.39 bits per heavy atom. The van der Waals surface area contributed by atoms with E-state index in [1.165, 1.54) is 0 Å². The van der Waals surface area contributed by atoms with Gasteiger partial charge in [0.05, 0.1) is 30.1 Å². The molecule has 4 rings (SSSR count). The molecular formula is C17H21N3O2S. The second kappa shape index (κ2) is 5.76. The molecule has 0 aliphatic carbocycles. The van der Waals surface area contributed by atoms with Crippen LogP contribution in [0.4, 0.5) is 0 Å². The highest BCUT2D eigenvalue weighted by molar-refractivity contribution is 7.09. The molecule has 2 aromatic rings. The summed E-state index contributed by atoms with van der Waals surface area (Å²) in [7, 11) is 0. The van der Waals surface area contributed by atoms with Gasteiger partial charge in [0.25, 0.3) is 0 Å². The first-order valence-corrected chi connectivity index (χ1v) is 8.93. The number of aromatic nitrogens is 1. The SMILES string of the molecule is Cc1nc(CN2C[C@]3(CCN(Cc4ccco4)C3)CC2=O)cs1. The Morgan fingerprint density at radius 2 is 2.30 bits per heavy atom. The molecule has 0 aromatic carbocycles. The molecule has 2 fully saturated rings. The zero-order valence-corrected chi connectivity index (χ0v) is 14.1. The average molecular weight is 331 g/mol. The van der Waals surface area contributed by atoms with E-state index in [0.29, 0.717) is 13.0 Å². The number of carbonyl (C=O) groups is 1. The van der Waals surface area contributed by atoms with E-state index in [0.717, 1.165) is 49.1 Å². The van der Waals surface area contributed by atoms with Gasteiger partial charge in [-0.3, -0.25) is 9.69 Å². The summed E-state index contributed by atoms with van der Waals surface area (Å²) in [4.78, 5) is 21.3. The van der Waals surface area contributed by atoms with Gasteiger partial charge in [-0.2, -0.15) is 0 Å². The fourth-order valence-corrected chi connectivity index (χ4v) is 4.46. The minimum Gasteiger partial charge on any atom is -0.468 e. The van der Waals surface area contributed by atoms with Crippen LogP contribution in [0.5, 0.6) is 0 Å². The molecular weight excluding hydrogens is 310 g/mol. The van der Waals surface area contributed by atoms with E-state index in [4.69, 9.17) is 4.42 Å². The van der Waals surface area contributed by atoms with Gasteiger partial charge in [-0.25, -0.2) is 4.98 Å². The molecule has 2 saturated heterocycles. The first-order valence-electron chi connectivity index (χ1n) is 8.05. The monoisotopic (exact) mass is 331 g/mol. The summed E-state index contributed by atoms with van der Waals surface area (Å²) >= 11 is 1.65. The van der Waals surface area contributed by atoms with Gasteiger partial charge in [-0.1, -0.05) is 0 Å². The van der Waals surface area contributed by atoms with E-state index in [2.05, 4.69) is 15.3 Å². The van der Waals surface area contributed by atoms with E-state index in [9.17, 15) is 4.79 Å². The molecule has 0 bridgehead atoms. The molecule has 1 atom stereocenters. The standard InChI is InChI=1S/C17H21N3O2S/c1-13-18-14(10-23-13)8-20-12-17(7-16(20)21)4-5-19(11-17)9-15-3-2-6-22-15/h2-3,6,10H,4-5,7-9,11-12H2,1H3/t17-/m1/s1. The normalized spacial score (nSPS) is 25.1. The smallest absolute Gasteiger partial charge is 0.223 e. The summed E-state index contributed by atoms with van der Waals surface area (Å²) in [6.45, 7) is 6.38. The maximum absolute atomic E-state index is 12.4. The lowest BCUT2D eigenvalue weighted by Crippen LogP contribution is -2.31. The second-order valence-corrected chi connectivity index (χ2v) is 7.89. The Balaban J connectivity index is 1.39. The van der Waals surface area contributed by atoms with Crippen LogP contribution in [0.15, 0.2) is 28.2 Å². The van der Waals surface area contributed by atoms with Crippen LogP contribution >= 0.6 is 11.3 Å². The molecule has 4 heterocycles. The van der Waals surface area contributed by atoms with Gasteiger partial charge in [0.15, 0.2) is 0 Å². The number of hydrogen-bond donors (Lipinski definition) is 0. The first kappa shape index (κ1) is 14.9. The minimum absolute atomic E-state index is 0.120. The van der Waals surface area contributed by atoms with Crippen LogP contribution in [0.1, 0.15) is 29.3 Å². The van der Waals surface area contributed by atoms with Crippen molar-refractivity contribution >= 4 is 17.2 Å². The van der Waals surface area contributed by atoms with Crippen LogP contribution in [-0.2, 0) is 17.9 Å². The van der Waals surface area contributed by atoms with Crippen LogP contribution in [-0.4, -0.2) is 40.3 Å². The molecule has 6 heteroatoms. The second-order valence-electron chi connectivity index (χ2n) is 6.82. The lowest BCUT2D eigenvalue weighted by Gasteiger charge is -2.23. The molecule has 1 amide bonds. The summed E-state index contributed by atoms with van der Waals surface area (Å²) in [5, 5.41) is 3.12. The molecule has 1 spiro atoms. The van der Waals surface area contributed by atoms with Crippen molar-refractivity contribution in [3.63, 3.8) is 0 Å². The number of amides is 1. The topological polar surface area (TPSA) is 49.6 Å². The van der Waals surface area contributed by atoms with E-state index in [1.807, 2.05) is 24.0 Å². The molecule has 2 aromatic heterocycles. The highest BCUT2D eigenvalue weighted by Gasteiger charge is 2.47. The van der Waals surface area contributed by atoms with E-state index < -0.39 is 0 Å². The van der Waals surface area contributed by atoms with Gasteiger partial charge in [-0.05, 0) is 32.0 Å². The fraction of sp³-hybridized carbons (Fsp3) is 0.529. The molecule has 2 aliphatic heterocycles. The van der Waals surface area contributed by atoms with Crippen LogP contribution < -0.4 is 0 Å². The van der Waals surface area contributed by atoms with E-state index in [-0.39, 0.29) is 11.3 Å². The highest BCUT2D eigenvalue weighted by atomic mass is 32.1. The Bertz CT molecular complexity index is 697. The summed E-state index contributed by atoms with van der Waals surface area (Å²) in [6.07, 6.45) is 3.48. The fourth-order valence-electron chi connectivity index (χ4n) is 3.86. The molecule has 2 aliphatic rings. The summed E-state index contributed by atoms with van der Waals surface area (Å²) in [5.74, 6) is 1.27. The maximum Gasteiger partial charge on any atom is 0.223 e. The third-order valence-electron chi connectivity index (χ3n) is 4.90. The minimum atomic E-state index is 0.120. The van der Waals surface area contributed by atoms with E-state index >= 15 is 0 Å². The van der Waals surface area contributed by atoms with Crippen molar-refractivity contribution in [2.45, 2.75) is 32.9 Å². The Hall–Kier alpha value is -1.66. The molecule has 0 N–H and O–H groups in total. The zero-order chi connectivity index (χ0) is 15.9. The lowest BCUT2D eigenvalue weighted by atomic mass is 9.86. The molecule has 0 unspecified atom stereocenters. The third-order valence-corrected chi connectivity index (χ3v) is 5.72. The van der Waals surface area contributed by atoms with Gasteiger partial charge >= 0.3 is 0 Å². The predicted octanol–water partition coefficient (Wildman–Crippen LogP) is 2.67. The van der Waals surface area contributed by atoms with Crippen LogP contribution in [0.25, 0.3) is 0 Å². The van der Waals surface area contributed by atoms with Crippen molar-refractivity contribution in [2.75, 3.05) is 19.6 Å². The van der Waals surface area contributed by atoms with Crippen molar-refractivity contribution in [1.29, 1.82) is 0 Å². The van der Waals surface area contributed by atoms with Crippen molar-refractivity contribution in [1.82, 2.24) is 14.8 Å². The number of nitrogens with zero attached hydrogens (tertiary/aromatic N) is 3. The van der Waals surface area contributed by atoms with Crippen molar-refractivity contribution in [3.8, 4) is 0 Å². The number of hydrogen-bond acceptors (Lipinski definition) is 5. The van der Waals surface area contributed by atoms with Gasteiger partial charge in [0.1, 0.15) is 5.76 Å². The Morgan fingerprint density at radius 3 is 3.04 bits per heavy atom. The largest absolute Gasteiger partial charge is 0.468 e. The molecule has 23 heavy (non-hydrogen) atoms. The van der Waals surface area contributed by atoms with Crippen molar-refractivity contribution in [2.24, 2.45) is 5.41 Å². The molecule has 0 saturated carbocycles. The van der Waals surface area contributed by atoms with Crippen LogP contribution in [0.3, 0.4) is 0 Å². The number of furan rings is 1. The molecule has 122 valence electrons. The number of likely N-dealkylation sites (tertiary alicyclic amines) is 2. The Labute approximate surface area is 139 Å². The highest BCUT2D eigenvalue weighted by Crippen LogP contribution is 2.41. The number of rotatable bonds is 4. The maximum atomic E-state index is 12.4. The molecule has 5 nitrogen and oxygen atoms in total. The summed E-state index contributed by atoms with van der Waals surface area (Å²) in [6, 6.07) is 3.94. The summed E-state index contributed by atoms with van der Waals surface area (Å²) in [5.41, 5.74) is 1.14. The summed E-state index contributed by atoms with van der Waals surface area (Å²) < 4.78 is 5.44. The van der Waals surface area contributed by atoms with Crippen molar-refractivity contribution < 1.29 is 9.21 Å². The molecule has 0 radical (unpaired) electrons. The quantitative estimate of drug-likeness (QED) is 0.864. The van der Waals surface area contributed by atoms with Gasteiger partial charge < -0.3 is 9.32 Å². The lowest BCUT2D eigenvalue weighted by molar-refractivity contribution is -0.128. The first-order chi connectivity index (χ1) is 11.1. The van der Waals surface area contributed by atoms with Crippen molar-refractivity contribution in [3.05, 3.63) is 40.2 Å². The van der Waals surface area contributed by atoms with Crippen LogP contribution in [0, 0.1) is 12.3 Å². The third kappa shape index (κ3) is 3.05. The Kier molecular flexibility index (Phi) is 3.73. The van der Waals surface area contributed by atoms with E-state index in [1.54, 1.807) is 17.6 Å². The predicted molar refractivity (Wildman–Crippen MR) is 87.9 cm³/mol. The zero-order valence-electron chi connectivity index (χ0n) is 13.3.